The maximum atomic E-state index is 12.6. The SMILES string of the molecule is Cc1cc(/C=C/C(=O)O[C@@H](C)C(=O)N[C@H]2CCCc3ccccc32)c(C)n1C1CC1. The zero-order valence-electron chi connectivity index (χ0n) is 18.0. The molecule has 1 fully saturated rings. The van der Waals surface area contributed by atoms with Crippen molar-refractivity contribution in [3.63, 3.8) is 0 Å². The minimum atomic E-state index is -0.838. The number of aromatic nitrogens is 1. The number of amides is 1. The van der Waals surface area contributed by atoms with Gasteiger partial charge in [-0.3, -0.25) is 4.79 Å². The van der Waals surface area contributed by atoms with Crippen LogP contribution in [0.15, 0.2) is 36.4 Å². The van der Waals surface area contributed by atoms with Crippen LogP contribution in [0.5, 0.6) is 0 Å². The summed E-state index contributed by atoms with van der Waals surface area (Å²) in [5, 5.41) is 3.05. The monoisotopic (exact) mass is 406 g/mol. The van der Waals surface area contributed by atoms with Crippen molar-refractivity contribution in [3.8, 4) is 0 Å². The molecule has 0 saturated heterocycles. The Balaban J connectivity index is 1.34. The lowest BCUT2D eigenvalue weighted by Gasteiger charge is -2.27. The third kappa shape index (κ3) is 4.35. The fraction of sp³-hybridized carbons (Fsp3) is 0.440. The maximum Gasteiger partial charge on any atom is 0.331 e. The summed E-state index contributed by atoms with van der Waals surface area (Å²) in [5.74, 6) is -0.761. The van der Waals surface area contributed by atoms with Gasteiger partial charge in [0.25, 0.3) is 5.91 Å². The van der Waals surface area contributed by atoms with E-state index >= 15 is 0 Å². The number of carbonyl (C=O) groups excluding carboxylic acids is 2. The topological polar surface area (TPSA) is 60.3 Å². The first-order chi connectivity index (χ1) is 14.4. The van der Waals surface area contributed by atoms with Crippen LogP contribution in [0.1, 0.15) is 72.8 Å². The van der Waals surface area contributed by atoms with Gasteiger partial charge in [0, 0.05) is 23.5 Å². The summed E-state index contributed by atoms with van der Waals surface area (Å²) >= 11 is 0. The molecule has 1 aromatic carbocycles. The molecule has 1 heterocycles. The first-order valence-corrected chi connectivity index (χ1v) is 10.9. The van der Waals surface area contributed by atoms with Gasteiger partial charge in [-0.2, -0.15) is 0 Å². The average molecular weight is 407 g/mol. The largest absolute Gasteiger partial charge is 0.449 e. The number of carbonyl (C=O) groups is 2. The molecule has 0 radical (unpaired) electrons. The van der Waals surface area contributed by atoms with E-state index in [1.54, 1.807) is 13.0 Å². The highest BCUT2D eigenvalue weighted by molar-refractivity contribution is 5.90. The molecule has 30 heavy (non-hydrogen) atoms. The summed E-state index contributed by atoms with van der Waals surface area (Å²) < 4.78 is 7.69. The van der Waals surface area contributed by atoms with E-state index in [0.717, 1.165) is 24.8 Å². The van der Waals surface area contributed by atoms with Crippen LogP contribution in [-0.4, -0.2) is 22.5 Å². The van der Waals surface area contributed by atoms with Gasteiger partial charge in [0.1, 0.15) is 0 Å². The van der Waals surface area contributed by atoms with Gasteiger partial charge in [0.2, 0.25) is 0 Å². The van der Waals surface area contributed by atoms with Crippen molar-refractivity contribution in [1.82, 2.24) is 9.88 Å². The summed E-state index contributed by atoms with van der Waals surface area (Å²) in [5.41, 5.74) is 5.85. The minimum absolute atomic E-state index is 0.0213. The summed E-state index contributed by atoms with van der Waals surface area (Å²) in [7, 11) is 0. The number of nitrogens with one attached hydrogen (secondary N) is 1. The molecule has 0 spiro atoms. The summed E-state index contributed by atoms with van der Waals surface area (Å²) in [6.07, 6.45) is 7.79. The van der Waals surface area contributed by atoms with Crippen LogP contribution in [0.4, 0.5) is 0 Å². The van der Waals surface area contributed by atoms with E-state index in [1.165, 1.54) is 41.4 Å². The van der Waals surface area contributed by atoms with E-state index in [0.29, 0.717) is 6.04 Å². The Kier molecular flexibility index (Phi) is 5.80. The lowest BCUT2D eigenvalue weighted by atomic mass is 9.87. The fourth-order valence-corrected chi connectivity index (χ4v) is 4.48. The minimum Gasteiger partial charge on any atom is -0.449 e. The van der Waals surface area contributed by atoms with E-state index in [2.05, 4.69) is 41.9 Å². The van der Waals surface area contributed by atoms with Crippen LogP contribution in [0.2, 0.25) is 0 Å². The molecule has 4 rings (SSSR count). The molecule has 1 amide bonds. The van der Waals surface area contributed by atoms with E-state index in [9.17, 15) is 9.59 Å². The zero-order chi connectivity index (χ0) is 21.3. The molecule has 5 nitrogen and oxygen atoms in total. The Hall–Kier alpha value is -2.82. The van der Waals surface area contributed by atoms with Crippen LogP contribution in [0, 0.1) is 13.8 Å². The van der Waals surface area contributed by atoms with Gasteiger partial charge in [0.15, 0.2) is 6.10 Å². The average Bonchev–Trinajstić information content (AvgIpc) is 3.51. The number of hydrogen-bond acceptors (Lipinski definition) is 3. The summed E-state index contributed by atoms with van der Waals surface area (Å²) in [6, 6.07) is 10.9. The molecule has 2 atom stereocenters. The van der Waals surface area contributed by atoms with E-state index in [4.69, 9.17) is 4.74 Å². The highest BCUT2D eigenvalue weighted by atomic mass is 16.5. The molecule has 2 aliphatic rings. The van der Waals surface area contributed by atoms with Crippen LogP contribution >= 0.6 is 0 Å². The molecule has 158 valence electrons. The van der Waals surface area contributed by atoms with Gasteiger partial charge in [-0.15, -0.1) is 0 Å². The van der Waals surface area contributed by atoms with Gasteiger partial charge in [-0.1, -0.05) is 24.3 Å². The number of aryl methyl sites for hydroxylation is 2. The van der Waals surface area contributed by atoms with E-state index in [-0.39, 0.29) is 11.9 Å². The van der Waals surface area contributed by atoms with Crippen molar-refractivity contribution in [2.45, 2.75) is 71.1 Å². The van der Waals surface area contributed by atoms with Crippen molar-refractivity contribution < 1.29 is 14.3 Å². The van der Waals surface area contributed by atoms with Crippen LogP contribution in [-0.2, 0) is 20.7 Å². The second-order valence-corrected chi connectivity index (χ2v) is 8.49. The van der Waals surface area contributed by atoms with Crippen molar-refractivity contribution in [2.24, 2.45) is 0 Å². The number of nitrogens with zero attached hydrogens (tertiary/aromatic N) is 1. The quantitative estimate of drug-likeness (QED) is 0.564. The van der Waals surface area contributed by atoms with Gasteiger partial charge >= 0.3 is 5.97 Å². The molecule has 1 saturated carbocycles. The van der Waals surface area contributed by atoms with Crippen LogP contribution < -0.4 is 5.32 Å². The molecule has 0 aliphatic heterocycles. The first-order valence-electron chi connectivity index (χ1n) is 10.9. The van der Waals surface area contributed by atoms with Gasteiger partial charge < -0.3 is 14.6 Å². The number of ether oxygens (including phenoxy) is 1. The smallest absolute Gasteiger partial charge is 0.331 e. The number of rotatable bonds is 6. The van der Waals surface area contributed by atoms with Crippen molar-refractivity contribution in [2.75, 3.05) is 0 Å². The van der Waals surface area contributed by atoms with E-state index < -0.39 is 12.1 Å². The number of hydrogen-bond donors (Lipinski definition) is 1. The molecule has 2 aliphatic carbocycles. The molecule has 1 N–H and O–H groups in total. The third-order valence-corrected chi connectivity index (χ3v) is 6.18. The molecular weight excluding hydrogens is 376 g/mol. The Labute approximate surface area is 178 Å². The zero-order valence-corrected chi connectivity index (χ0v) is 18.0. The van der Waals surface area contributed by atoms with Crippen molar-refractivity contribution in [3.05, 3.63) is 64.5 Å². The molecule has 2 aromatic rings. The number of esters is 1. The normalized spacial score (nSPS) is 19.4. The summed E-state index contributed by atoms with van der Waals surface area (Å²) in [6.45, 7) is 5.79. The Morgan fingerprint density at radius 1 is 1.20 bits per heavy atom. The van der Waals surface area contributed by atoms with E-state index in [1.807, 2.05) is 12.1 Å². The standard InChI is InChI=1S/C25H30N2O3/c1-16-15-20(17(2)27(16)21-12-13-21)11-14-24(28)30-18(3)25(29)26-23-10-6-8-19-7-4-5-9-22(19)23/h4-5,7,9,11,14-15,18,21,23H,6,8,10,12-13H2,1-3H3,(H,26,29)/b14-11+/t18-,23-/m0/s1. The predicted octanol–water partition coefficient (Wildman–Crippen LogP) is 4.58. The van der Waals surface area contributed by atoms with Gasteiger partial charge in [-0.05, 0) is 81.7 Å². The van der Waals surface area contributed by atoms with Gasteiger partial charge in [-0.25, -0.2) is 4.79 Å². The first kappa shape index (κ1) is 20.5. The molecule has 0 unspecified atom stereocenters. The Morgan fingerprint density at radius 2 is 1.97 bits per heavy atom. The fourth-order valence-electron chi connectivity index (χ4n) is 4.48. The van der Waals surface area contributed by atoms with Crippen LogP contribution in [0.3, 0.4) is 0 Å². The summed E-state index contributed by atoms with van der Waals surface area (Å²) in [4.78, 5) is 24.9. The highest BCUT2D eigenvalue weighted by Crippen LogP contribution is 2.38. The third-order valence-electron chi connectivity index (χ3n) is 6.18. The maximum absolute atomic E-state index is 12.6. The second kappa shape index (κ2) is 8.50. The predicted molar refractivity (Wildman–Crippen MR) is 117 cm³/mol. The Morgan fingerprint density at radius 3 is 2.73 bits per heavy atom. The van der Waals surface area contributed by atoms with Gasteiger partial charge in [0.05, 0.1) is 6.04 Å². The molecule has 1 aromatic heterocycles. The lowest BCUT2D eigenvalue weighted by molar-refractivity contribution is -0.150. The number of benzene rings is 1. The number of fused-ring (bicyclic) bond motifs is 1. The highest BCUT2D eigenvalue weighted by Gasteiger charge is 2.27. The molecule has 0 bridgehead atoms. The Bertz CT molecular complexity index is 984. The lowest BCUT2D eigenvalue weighted by Crippen LogP contribution is -2.39. The van der Waals surface area contributed by atoms with Crippen molar-refractivity contribution >= 4 is 18.0 Å². The second-order valence-electron chi connectivity index (χ2n) is 8.49. The van der Waals surface area contributed by atoms with Crippen molar-refractivity contribution in [1.29, 1.82) is 0 Å². The molecule has 5 heteroatoms. The molecular formula is C25H30N2O3. The van der Waals surface area contributed by atoms with Crippen LogP contribution in [0.25, 0.3) is 6.08 Å².